The summed E-state index contributed by atoms with van der Waals surface area (Å²) in [4.78, 5) is 10.7. The van der Waals surface area contributed by atoms with Gasteiger partial charge >= 0.3 is 0 Å². The maximum absolute atomic E-state index is 12.8. The van der Waals surface area contributed by atoms with Crippen LogP contribution in [0.2, 0.25) is 0 Å². The second kappa shape index (κ2) is 5.53. The summed E-state index contributed by atoms with van der Waals surface area (Å²) in [5, 5.41) is 10.9. The first-order valence-electron chi connectivity index (χ1n) is 5.90. The first kappa shape index (κ1) is 15.0. The molecule has 7 heteroatoms. The van der Waals surface area contributed by atoms with Crippen LogP contribution < -0.4 is 9.83 Å². The molecule has 1 N–H and O–H groups in total. The molecule has 0 spiro atoms. The van der Waals surface area contributed by atoms with Gasteiger partial charge in [-0.05, 0) is 48.9 Å². The van der Waals surface area contributed by atoms with Gasteiger partial charge in [-0.25, -0.2) is 12.8 Å². The zero-order valence-electron chi connectivity index (χ0n) is 11.0. The number of nitrogens with one attached hydrogen (secondary N) is 1. The van der Waals surface area contributed by atoms with Crippen molar-refractivity contribution in [2.75, 3.05) is 4.72 Å². The third-order valence-corrected chi connectivity index (χ3v) is 4.21. The lowest BCUT2D eigenvalue weighted by atomic mass is 10.1. The van der Waals surface area contributed by atoms with Gasteiger partial charge in [-0.1, -0.05) is 6.07 Å². The van der Waals surface area contributed by atoms with Crippen molar-refractivity contribution < 1.29 is 22.7 Å². The van der Waals surface area contributed by atoms with Gasteiger partial charge in [0, 0.05) is 11.3 Å². The third kappa shape index (κ3) is 3.38. The number of carbonyl (C=O) groups is 1. The molecule has 0 aromatic heterocycles. The summed E-state index contributed by atoms with van der Waals surface area (Å²) < 4.78 is 39.3. The van der Waals surface area contributed by atoms with Crippen LogP contribution in [0.5, 0.6) is 0 Å². The van der Waals surface area contributed by atoms with E-state index in [0.717, 1.165) is 18.2 Å². The number of aromatic carboxylic acids is 1. The van der Waals surface area contributed by atoms with Gasteiger partial charge in [0.25, 0.3) is 10.0 Å². The minimum Gasteiger partial charge on any atom is -0.545 e. The number of aryl methyl sites for hydroxylation is 1. The van der Waals surface area contributed by atoms with Gasteiger partial charge in [-0.15, -0.1) is 0 Å². The van der Waals surface area contributed by atoms with Gasteiger partial charge in [0.2, 0.25) is 0 Å². The van der Waals surface area contributed by atoms with Crippen molar-refractivity contribution in [3.8, 4) is 0 Å². The fourth-order valence-electron chi connectivity index (χ4n) is 1.72. The Morgan fingerprint density at radius 3 is 2.33 bits per heavy atom. The van der Waals surface area contributed by atoms with E-state index < -0.39 is 21.8 Å². The molecule has 0 saturated carbocycles. The van der Waals surface area contributed by atoms with Crippen molar-refractivity contribution in [2.45, 2.75) is 11.8 Å². The predicted octanol–water partition coefficient (Wildman–Crippen LogP) is 1.30. The van der Waals surface area contributed by atoms with E-state index in [1.54, 1.807) is 0 Å². The Hall–Kier alpha value is -2.41. The van der Waals surface area contributed by atoms with Crippen molar-refractivity contribution in [1.82, 2.24) is 0 Å². The molecular formula is C14H11FNO4S-. The number of rotatable bonds is 4. The average molecular weight is 308 g/mol. The molecule has 2 rings (SSSR count). The van der Waals surface area contributed by atoms with E-state index >= 15 is 0 Å². The highest BCUT2D eigenvalue weighted by Gasteiger charge is 2.16. The van der Waals surface area contributed by atoms with Crippen LogP contribution in [-0.4, -0.2) is 14.4 Å². The van der Waals surface area contributed by atoms with Crippen LogP contribution >= 0.6 is 0 Å². The average Bonchev–Trinajstić information content (AvgIpc) is 2.41. The summed E-state index contributed by atoms with van der Waals surface area (Å²) >= 11 is 0. The fraction of sp³-hybridized carbons (Fsp3) is 0.0714. The number of sulfonamides is 1. The Bertz CT molecular complexity index is 785. The fourth-order valence-corrected chi connectivity index (χ4v) is 2.80. The Morgan fingerprint density at radius 2 is 1.76 bits per heavy atom. The second-order valence-corrected chi connectivity index (χ2v) is 6.06. The van der Waals surface area contributed by atoms with E-state index in [2.05, 4.69) is 4.72 Å². The van der Waals surface area contributed by atoms with Crippen LogP contribution in [0.15, 0.2) is 47.4 Å². The number of carboxylic acids is 1. The highest BCUT2D eigenvalue weighted by molar-refractivity contribution is 7.92. The van der Waals surface area contributed by atoms with Gasteiger partial charge in [-0.2, -0.15) is 0 Å². The molecule has 2 aromatic rings. The number of carbonyl (C=O) groups excluding carboxylic acids is 1. The molecule has 110 valence electrons. The lowest BCUT2D eigenvalue weighted by Crippen LogP contribution is -2.24. The van der Waals surface area contributed by atoms with E-state index in [9.17, 15) is 22.7 Å². The SMILES string of the molecule is Cc1ccc(S(=O)(=O)Nc2ccc(F)cc2)cc1C(=O)[O-]. The molecule has 0 saturated heterocycles. The third-order valence-electron chi connectivity index (χ3n) is 2.84. The molecule has 0 aliphatic rings. The van der Waals surface area contributed by atoms with E-state index in [0.29, 0.717) is 5.56 Å². The van der Waals surface area contributed by atoms with Crippen molar-refractivity contribution >= 4 is 21.7 Å². The number of halogens is 1. The maximum Gasteiger partial charge on any atom is 0.261 e. The van der Waals surface area contributed by atoms with E-state index in [1.807, 2.05) is 0 Å². The van der Waals surface area contributed by atoms with Gasteiger partial charge in [0.15, 0.2) is 0 Å². The molecule has 21 heavy (non-hydrogen) atoms. The number of benzene rings is 2. The topological polar surface area (TPSA) is 86.3 Å². The molecule has 0 aliphatic heterocycles. The van der Waals surface area contributed by atoms with Crippen LogP contribution in [0.25, 0.3) is 0 Å². The minimum absolute atomic E-state index is 0.173. The van der Waals surface area contributed by atoms with Gasteiger partial charge in [-0.3, -0.25) is 4.72 Å². The summed E-state index contributed by atoms with van der Waals surface area (Å²) in [7, 11) is -3.96. The smallest absolute Gasteiger partial charge is 0.261 e. The highest BCUT2D eigenvalue weighted by atomic mass is 32.2. The van der Waals surface area contributed by atoms with E-state index in [4.69, 9.17) is 0 Å². The molecule has 0 aliphatic carbocycles. The largest absolute Gasteiger partial charge is 0.545 e. The zero-order valence-corrected chi connectivity index (χ0v) is 11.8. The Labute approximate surface area is 121 Å². The molecule has 0 heterocycles. The summed E-state index contributed by atoms with van der Waals surface area (Å²) in [6, 6.07) is 8.44. The highest BCUT2D eigenvalue weighted by Crippen LogP contribution is 2.19. The first-order valence-corrected chi connectivity index (χ1v) is 7.38. The van der Waals surface area contributed by atoms with Crippen molar-refractivity contribution in [2.24, 2.45) is 0 Å². The summed E-state index contributed by atoms with van der Waals surface area (Å²) in [6.45, 7) is 1.54. The molecule has 0 amide bonds. The van der Waals surface area contributed by atoms with Crippen molar-refractivity contribution in [3.63, 3.8) is 0 Å². The van der Waals surface area contributed by atoms with Crippen LogP contribution in [0.1, 0.15) is 15.9 Å². The summed E-state index contributed by atoms with van der Waals surface area (Å²) in [6.07, 6.45) is 0. The second-order valence-electron chi connectivity index (χ2n) is 4.38. The normalized spacial score (nSPS) is 11.1. The van der Waals surface area contributed by atoms with Gasteiger partial charge in [0.05, 0.1) is 10.9 Å². The maximum atomic E-state index is 12.8. The van der Waals surface area contributed by atoms with E-state index in [1.165, 1.54) is 31.2 Å². The number of anilines is 1. The van der Waals surface area contributed by atoms with Gasteiger partial charge < -0.3 is 9.90 Å². The monoisotopic (exact) mass is 308 g/mol. The summed E-state index contributed by atoms with van der Waals surface area (Å²) in [5.74, 6) is -1.95. The predicted molar refractivity (Wildman–Crippen MR) is 72.7 cm³/mol. The molecule has 2 aromatic carbocycles. The lowest BCUT2D eigenvalue weighted by molar-refractivity contribution is -0.255. The van der Waals surface area contributed by atoms with E-state index in [-0.39, 0.29) is 16.1 Å². The van der Waals surface area contributed by atoms with Crippen LogP contribution in [0.4, 0.5) is 10.1 Å². The van der Waals surface area contributed by atoms with Crippen molar-refractivity contribution in [1.29, 1.82) is 0 Å². The zero-order chi connectivity index (χ0) is 15.6. The minimum atomic E-state index is -3.96. The molecule has 0 radical (unpaired) electrons. The van der Waals surface area contributed by atoms with Crippen LogP contribution in [-0.2, 0) is 10.0 Å². The van der Waals surface area contributed by atoms with Crippen molar-refractivity contribution in [3.05, 3.63) is 59.4 Å². The molecule has 0 unspecified atom stereocenters. The number of carboxylic acid groups (broad SMARTS) is 1. The van der Waals surface area contributed by atoms with Crippen LogP contribution in [0.3, 0.4) is 0 Å². The quantitative estimate of drug-likeness (QED) is 0.922. The Balaban J connectivity index is 2.38. The molecule has 0 fully saturated rings. The first-order chi connectivity index (χ1) is 9.79. The molecule has 0 atom stereocenters. The lowest BCUT2D eigenvalue weighted by Gasteiger charge is -2.11. The Morgan fingerprint density at radius 1 is 1.14 bits per heavy atom. The number of hydrogen-bond donors (Lipinski definition) is 1. The number of hydrogen-bond acceptors (Lipinski definition) is 4. The molecule has 0 bridgehead atoms. The Kier molecular flexibility index (Phi) is 3.95. The standard InChI is InChI=1S/C14H12FNO4S/c1-9-2-7-12(8-13(9)14(17)18)21(19,20)16-11-5-3-10(15)4-6-11/h2-8,16H,1H3,(H,17,18)/p-1. The molecular weight excluding hydrogens is 297 g/mol. The molecule has 5 nitrogen and oxygen atoms in total. The van der Waals surface area contributed by atoms with Crippen LogP contribution in [0, 0.1) is 12.7 Å². The summed E-state index contributed by atoms with van der Waals surface area (Å²) in [5.41, 5.74) is 0.375. The van der Waals surface area contributed by atoms with Gasteiger partial charge in [0.1, 0.15) is 5.82 Å².